The van der Waals surface area contributed by atoms with Crippen LogP contribution in [0.1, 0.15) is 12.5 Å². The van der Waals surface area contributed by atoms with Crippen LogP contribution in [0.25, 0.3) is 0 Å². The Morgan fingerprint density at radius 1 is 1.38 bits per heavy atom. The molecule has 84 valence electrons. The molecular formula is C12H15N3S. The number of imidazole rings is 1. The van der Waals surface area contributed by atoms with Gasteiger partial charge in [-0.2, -0.15) is 0 Å². The first kappa shape index (κ1) is 11.1. The van der Waals surface area contributed by atoms with Gasteiger partial charge in [-0.3, -0.25) is 0 Å². The van der Waals surface area contributed by atoms with Gasteiger partial charge in [-0.1, -0.05) is 30.0 Å². The maximum absolute atomic E-state index is 4.19. The molecule has 4 heteroatoms. The van der Waals surface area contributed by atoms with Crippen LogP contribution in [0, 0.1) is 0 Å². The summed E-state index contributed by atoms with van der Waals surface area (Å²) >= 11 is 1.71. The van der Waals surface area contributed by atoms with Crippen molar-refractivity contribution in [3.05, 3.63) is 42.2 Å². The third-order valence-corrected chi connectivity index (χ3v) is 3.17. The van der Waals surface area contributed by atoms with Crippen molar-refractivity contribution in [2.24, 2.45) is 0 Å². The monoisotopic (exact) mass is 233 g/mol. The molecule has 2 aromatic rings. The second-order valence-corrected chi connectivity index (χ2v) is 4.33. The number of para-hydroxylation sites is 1. The number of hydrogen-bond acceptors (Lipinski definition) is 3. The molecule has 0 saturated carbocycles. The number of anilines is 1. The first-order valence-electron chi connectivity index (χ1n) is 5.34. The number of rotatable bonds is 5. The number of hydrogen-bond donors (Lipinski definition) is 2. The molecule has 1 aromatic heterocycles. The maximum Gasteiger partial charge on any atom is 0.165 e. The summed E-state index contributed by atoms with van der Waals surface area (Å²) in [6.07, 6.45) is 3.62. The zero-order chi connectivity index (χ0) is 11.2. The van der Waals surface area contributed by atoms with Gasteiger partial charge >= 0.3 is 0 Å². The van der Waals surface area contributed by atoms with Gasteiger partial charge < -0.3 is 10.3 Å². The quantitative estimate of drug-likeness (QED) is 0.779. The Bertz CT molecular complexity index is 426. The minimum atomic E-state index is 0.927. The fraction of sp³-hybridized carbons (Fsp3) is 0.250. The zero-order valence-electron chi connectivity index (χ0n) is 9.23. The van der Waals surface area contributed by atoms with Gasteiger partial charge in [0.05, 0.1) is 0 Å². The average molecular weight is 233 g/mol. The van der Waals surface area contributed by atoms with Gasteiger partial charge in [0.2, 0.25) is 0 Å². The Hall–Kier alpha value is -1.42. The molecule has 0 fully saturated rings. The van der Waals surface area contributed by atoms with Gasteiger partial charge in [0.1, 0.15) is 0 Å². The van der Waals surface area contributed by atoms with Crippen molar-refractivity contribution >= 4 is 17.4 Å². The molecule has 0 atom stereocenters. The minimum absolute atomic E-state index is 0.927. The largest absolute Gasteiger partial charge is 0.385 e. The summed E-state index contributed by atoms with van der Waals surface area (Å²) in [5, 5.41) is 4.33. The number of benzene rings is 1. The molecule has 0 spiro atoms. The lowest BCUT2D eigenvalue weighted by atomic mass is 10.2. The summed E-state index contributed by atoms with van der Waals surface area (Å²) in [7, 11) is 0. The van der Waals surface area contributed by atoms with E-state index in [1.807, 2.05) is 6.20 Å². The Morgan fingerprint density at radius 2 is 2.25 bits per heavy atom. The SMILES string of the molecule is CCNc1ccccc1CSc1ncc[nH]1. The molecule has 16 heavy (non-hydrogen) atoms. The highest BCUT2D eigenvalue weighted by atomic mass is 32.2. The summed E-state index contributed by atoms with van der Waals surface area (Å²) in [6.45, 7) is 3.05. The molecule has 0 aliphatic carbocycles. The van der Waals surface area contributed by atoms with Crippen LogP contribution in [0.5, 0.6) is 0 Å². The number of nitrogens with one attached hydrogen (secondary N) is 2. The summed E-state index contributed by atoms with van der Waals surface area (Å²) in [6, 6.07) is 8.38. The van der Waals surface area contributed by atoms with Crippen molar-refractivity contribution in [1.29, 1.82) is 0 Å². The van der Waals surface area contributed by atoms with Gasteiger partial charge in [-0.25, -0.2) is 4.98 Å². The average Bonchev–Trinajstić information content (AvgIpc) is 2.81. The number of H-pyrrole nitrogens is 1. The third-order valence-electron chi connectivity index (χ3n) is 2.22. The molecule has 1 heterocycles. The number of aromatic nitrogens is 2. The molecule has 0 saturated heterocycles. The molecule has 2 N–H and O–H groups in total. The van der Waals surface area contributed by atoms with Gasteiger partial charge in [-0.05, 0) is 18.6 Å². The Morgan fingerprint density at radius 3 is 3.00 bits per heavy atom. The molecule has 1 aromatic carbocycles. The number of nitrogens with zero attached hydrogens (tertiary/aromatic N) is 1. The van der Waals surface area contributed by atoms with E-state index in [1.165, 1.54) is 11.3 Å². The van der Waals surface area contributed by atoms with E-state index in [9.17, 15) is 0 Å². The number of thioether (sulfide) groups is 1. The molecule has 0 bridgehead atoms. The fourth-order valence-electron chi connectivity index (χ4n) is 1.48. The van der Waals surface area contributed by atoms with E-state index >= 15 is 0 Å². The highest BCUT2D eigenvalue weighted by molar-refractivity contribution is 7.98. The minimum Gasteiger partial charge on any atom is -0.385 e. The zero-order valence-corrected chi connectivity index (χ0v) is 10.1. The number of aromatic amines is 1. The summed E-state index contributed by atoms with van der Waals surface area (Å²) < 4.78 is 0. The summed E-state index contributed by atoms with van der Waals surface area (Å²) in [5.74, 6) is 0.927. The van der Waals surface area contributed by atoms with Crippen molar-refractivity contribution in [1.82, 2.24) is 9.97 Å². The van der Waals surface area contributed by atoms with E-state index in [1.54, 1.807) is 18.0 Å². The lowest BCUT2D eigenvalue weighted by Crippen LogP contribution is -1.99. The standard InChI is InChI=1S/C12H15N3S/c1-2-13-11-6-4-3-5-10(11)9-16-12-14-7-8-15-12/h3-8,13H,2,9H2,1H3,(H,14,15). The van der Waals surface area contributed by atoms with Gasteiger partial charge in [-0.15, -0.1) is 0 Å². The highest BCUT2D eigenvalue weighted by Crippen LogP contribution is 2.24. The molecule has 2 rings (SSSR count). The molecule has 0 radical (unpaired) electrons. The van der Waals surface area contributed by atoms with Crippen LogP contribution in [-0.4, -0.2) is 16.5 Å². The van der Waals surface area contributed by atoms with E-state index in [0.717, 1.165) is 17.5 Å². The van der Waals surface area contributed by atoms with Crippen molar-refractivity contribution in [3.63, 3.8) is 0 Å². The fourth-order valence-corrected chi connectivity index (χ4v) is 2.32. The second kappa shape index (κ2) is 5.61. The van der Waals surface area contributed by atoms with E-state index in [-0.39, 0.29) is 0 Å². The van der Waals surface area contributed by atoms with Crippen molar-refractivity contribution in [2.75, 3.05) is 11.9 Å². The highest BCUT2D eigenvalue weighted by Gasteiger charge is 2.02. The van der Waals surface area contributed by atoms with Crippen molar-refractivity contribution < 1.29 is 0 Å². The molecule has 0 aliphatic rings. The van der Waals surface area contributed by atoms with Crippen LogP contribution >= 0.6 is 11.8 Å². The predicted molar refractivity (Wildman–Crippen MR) is 68.8 cm³/mol. The molecule has 0 amide bonds. The third kappa shape index (κ3) is 2.79. The Kier molecular flexibility index (Phi) is 3.88. The summed E-state index contributed by atoms with van der Waals surface area (Å²) in [5.41, 5.74) is 2.52. The van der Waals surface area contributed by atoms with E-state index in [0.29, 0.717) is 0 Å². The van der Waals surface area contributed by atoms with E-state index in [4.69, 9.17) is 0 Å². The normalized spacial score (nSPS) is 10.3. The van der Waals surface area contributed by atoms with Crippen LogP contribution in [0.3, 0.4) is 0 Å². The van der Waals surface area contributed by atoms with Crippen LogP contribution in [-0.2, 0) is 5.75 Å². The molecule has 0 aliphatic heterocycles. The first-order valence-corrected chi connectivity index (χ1v) is 6.32. The van der Waals surface area contributed by atoms with Crippen LogP contribution in [0.4, 0.5) is 5.69 Å². The van der Waals surface area contributed by atoms with Crippen LogP contribution in [0.2, 0.25) is 0 Å². The molecular weight excluding hydrogens is 218 g/mol. The van der Waals surface area contributed by atoms with Gasteiger partial charge in [0.15, 0.2) is 5.16 Å². The van der Waals surface area contributed by atoms with Crippen molar-refractivity contribution in [2.45, 2.75) is 17.8 Å². The lowest BCUT2D eigenvalue weighted by molar-refractivity contribution is 1.06. The van der Waals surface area contributed by atoms with E-state index in [2.05, 4.69) is 46.5 Å². The van der Waals surface area contributed by atoms with E-state index < -0.39 is 0 Å². The lowest BCUT2D eigenvalue weighted by Gasteiger charge is -2.09. The predicted octanol–water partition coefficient (Wildman–Crippen LogP) is 3.13. The smallest absolute Gasteiger partial charge is 0.165 e. The van der Waals surface area contributed by atoms with Gasteiger partial charge in [0, 0.05) is 30.4 Å². The maximum atomic E-state index is 4.19. The topological polar surface area (TPSA) is 40.7 Å². The van der Waals surface area contributed by atoms with Crippen LogP contribution in [0.15, 0.2) is 41.8 Å². The molecule has 3 nitrogen and oxygen atoms in total. The first-order chi connectivity index (χ1) is 7.90. The van der Waals surface area contributed by atoms with Gasteiger partial charge in [0.25, 0.3) is 0 Å². The van der Waals surface area contributed by atoms with Crippen LogP contribution < -0.4 is 5.32 Å². The Balaban J connectivity index is 2.03. The Labute approximate surface area is 99.7 Å². The molecule has 0 unspecified atom stereocenters. The second-order valence-electron chi connectivity index (χ2n) is 3.37. The van der Waals surface area contributed by atoms with Crippen molar-refractivity contribution in [3.8, 4) is 0 Å². The summed E-state index contributed by atoms with van der Waals surface area (Å²) in [4.78, 5) is 7.28.